The molecule has 5 aromatic rings. The quantitative estimate of drug-likeness (QED) is 0.243. The third-order valence-corrected chi connectivity index (χ3v) is 7.93. The fourth-order valence-electron chi connectivity index (χ4n) is 5.03. The van der Waals surface area contributed by atoms with Gasteiger partial charge >= 0.3 is 6.55 Å². The number of hydrogen-bond acceptors (Lipinski definition) is 7. The van der Waals surface area contributed by atoms with Crippen LogP contribution in [0.5, 0.6) is 0 Å². The van der Waals surface area contributed by atoms with Crippen LogP contribution in [0.3, 0.4) is 0 Å². The minimum atomic E-state index is -2.73. The zero-order valence-electron chi connectivity index (χ0n) is 21.8. The first-order valence-corrected chi connectivity index (χ1v) is 14.1. The van der Waals surface area contributed by atoms with Crippen LogP contribution in [0, 0.1) is 11.3 Å². The van der Waals surface area contributed by atoms with Crippen LogP contribution < -0.4 is 4.90 Å². The van der Waals surface area contributed by atoms with E-state index in [2.05, 4.69) is 56.6 Å². The van der Waals surface area contributed by atoms with Crippen molar-refractivity contribution in [3.63, 3.8) is 0 Å². The van der Waals surface area contributed by atoms with Crippen molar-refractivity contribution in [2.24, 2.45) is 0 Å². The van der Waals surface area contributed by atoms with E-state index in [1.54, 1.807) is 28.7 Å². The van der Waals surface area contributed by atoms with E-state index in [0.717, 1.165) is 49.7 Å². The highest BCUT2D eigenvalue weighted by atomic mass is 32.2. The molecule has 0 aliphatic carbocycles. The lowest BCUT2D eigenvalue weighted by atomic mass is 10.0. The number of pyridine rings is 2. The van der Waals surface area contributed by atoms with Crippen LogP contribution in [0.4, 0.5) is 14.6 Å². The number of fused-ring (bicyclic) bond motifs is 1. The van der Waals surface area contributed by atoms with Crippen molar-refractivity contribution >= 4 is 23.1 Å². The smallest absolute Gasteiger partial charge is 0.333 e. The van der Waals surface area contributed by atoms with E-state index in [-0.39, 0.29) is 0 Å². The van der Waals surface area contributed by atoms with Gasteiger partial charge in [-0.15, -0.1) is 11.8 Å². The lowest BCUT2D eigenvalue weighted by molar-refractivity contribution is 0.0566. The van der Waals surface area contributed by atoms with E-state index in [0.29, 0.717) is 26.9 Å². The highest BCUT2D eigenvalue weighted by Gasteiger charge is 2.20. The zero-order chi connectivity index (χ0) is 27.6. The summed E-state index contributed by atoms with van der Waals surface area (Å²) >= 11 is 1.75. The molecule has 8 nitrogen and oxygen atoms in total. The number of piperazine rings is 1. The number of nitrogens with zero attached hydrogens (tertiary/aromatic N) is 8. The first-order chi connectivity index (χ1) is 19.5. The predicted octanol–water partition coefficient (Wildman–Crippen LogP) is 5.57. The van der Waals surface area contributed by atoms with E-state index in [9.17, 15) is 14.0 Å². The molecule has 1 aromatic carbocycles. The van der Waals surface area contributed by atoms with Crippen LogP contribution in [-0.2, 0) is 6.54 Å². The molecule has 0 atom stereocenters. The molecule has 0 unspecified atom stereocenters. The molecule has 1 aliphatic rings. The summed E-state index contributed by atoms with van der Waals surface area (Å²) in [7, 11) is 0. The molecule has 6 rings (SSSR count). The Kier molecular flexibility index (Phi) is 7.19. The largest absolute Gasteiger partial charge is 0.354 e. The van der Waals surface area contributed by atoms with Gasteiger partial charge in [-0.1, -0.05) is 12.1 Å². The van der Waals surface area contributed by atoms with Crippen molar-refractivity contribution in [2.75, 3.05) is 37.3 Å². The Morgan fingerprint density at radius 2 is 1.73 bits per heavy atom. The van der Waals surface area contributed by atoms with Gasteiger partial charge in [0.1, 0.15) is 11.9 Å². The van der Waals surface area contributed by atoms with E-state index < -0.39 is 6.55 Å². The van der Waals surface area contributed by atoms with E-state index >= 15 is 0 Å². The molecule has 11 heteroatoms. The highest BCUT2D eigenvalue weighted by molar-refractivity contribution is 7.98. The summed E-state index contributed by atoms with van der Waals surface area (Å²) in [4.78, 5) is 10.8. The molecule has 1 fully saturated rings. The first-order valence-electron chi connectivity index (χ1n) is 12.8. The molecule has 0 amide bonds. The van der Waals surface area contributed by atoms with Crippen LogP contribution in [0.2, 0.25) is 0 Å². The molecule has 0 radical (unpaired) electrons. The number of anilines is 1. The summed E-state index contributed by atoms with van der Waals surface area (Å²) in [6.45, 7) is 1.86. The molecular weight excluding hydrogens is 530 g/mol. The number of hydrogen-bond donors (Lipinski definition) is 0. The van der Waals surface area contributed by atoms with Gasteiger partial charge in [0.25, 0.3) is 0 Å². The molecule has 4 aromatic heterocycles. The van der Waals surface area contributed by atoms with Gasteiger partial charge in [0.05, 0.1) is 23.5 Å². The lowest BCUT2D eigenvalue weighted by Gasteiger charge is -2.35. The second-order valence-electron chi connectivity index (χ2n) is 9.61. The second kappa shape index (κ2) is 11.1. The van der Waals surface area contributed by atoms with Crippen LogP contribution in [0.1, 0.15) is 17.7 Å². The van der Waals surface area contributed by atoms with E-state index in [4.69, 9.17) is 4.98 Å². The van der Waals surface area contributed by atoms with Gasteiger partial charge in [-0.3, -0.25) is 4.90 Å². The molecular formula is C29H26F2N8S. The number of halogens is 2. The molecule has 5 heterocycles. The van der Waals surface area contributed by atoms with Gasteiger partial charge in [0, 0.05) is 78.5 Å². The summed E-state index contributed by atoms with van der Waals surface area (Å²) < 4.78 is 28.4. The summed E-state index contributed by atoms with van der Waals surface area (Å²) in [5, 5.41) is 17.8. The Morgan fingerprint density at radius 1 is 0.925 bits per heavy atom. The third-order valence-electron chi connectivity index (χ3n) is 7.19. The summed E-state index contributed by atoms with van der Waals surface area (Å²) in [5.41, 5.74) is 5.12. The van der Waals surface area contributed by atoms with Gasteiger partial charge in [-0.2, -0.15) is 24.2 Å². The fourth-order valence-corrected chi connectivity index (χ4v) is 5.44. The number of rotatable bonds is 7. The van der Waals surface area contributed by atoms with Crippen molar-refractivity contribution in [3.8, 4) is 28.3 Å². The lowest BCUT2D eigenvalue weighted by Crippen LogP contribution is -2.46. The van der Waals surface area contributed by atoms with Gasteiger partial charge in [-0.05, 0) is 42.2 Å². The Balaban J connectivity index is 1.21. The Morgan fingerprint density at radius 3 is 2.38 bits per heavy atom. The monoisotopic (exact) mass is 556 g/mol. The van der Waals surface area contributed by atoms with Gasteiger partial charge < -0.3 is 4.90 Å². The normalized spacial score (nSPS) is 14.2. The van der Waals surface area contributed by atoms with Crippen molar-refractivity contribution in [3.05, 3.63) is 84.6 Å². The molecule has 0 N–H and O–H groups in total. The molecule has 0 saturated carbocycles. The topological polar surface area (TPSA) is 78.3 Å². The van der Waals surface area contributed by atoms with Crippen LogP contribution in [0.25, 0.3) is 27.8 Å². The summed E-state index contributed by atoms with van der Waals surface area (Å²) in [5.74, 6) is 0.895. The maximum Gasteiger partial charge on any atom is 0.333 e. The molecule has 1 aliphatic heterocycles. The van der Waals surface area contributed by atoms with E-state index in [1.165, 1.54) is 29.0 Å². The van der Waals surface area contributed by atoms with Crippen LogP contribution in [-0.4, -0.2) is 61.7 Å². The Hall–Kier alpha value is -4.27. The molecule has 202 valence electrons. The SMILES string of the molecule is CSc1ccc(CN2CCN(c3ccc(-c4cc(-c5cnn(C(F)F)c5)cn5ncc(C#N)c45)cn3)CC2)cc1. The second-order valence-corrected chi connectivity index (χ2v) is 10.5. The molecule has 0 bridgehead atoms. The van der Waals surface area contributed by atoms with Crippen molar-refractivity contribution in [1.82, 2.24) is 29.3 Å². The maximum atomic E-state index is 13.1. The minimum absolute atomic E-state index is 0.424. The summed E-state index contributed by atoms with van der Waals surface area (Å²) in [6, 6.07) is 16.8. The zero-order valence-corrected chi connectivity index (χ0v) is 22.6. The van der Waals surface area contributed by atoms with Crippen LogP contribution in [0.15, 0.2) is 78.3 Å². The van der Waals surface area contributed by atoms with Crippen molar-refractivity contribution < 1.29 is 8.78 Å². The minimum Gasteiger partial charge on any atom is -0.354 e. The average molecular weight is 557 g/mol. The number of aromatic nitrogens is 5. The first kappa shape index (κ1) is 26.0. The number of thioether (sulfide) groups is 1. The number of alkyl halides is 2. The predicted molar refractivity (Wildman–Crippen MR) is 151 cm³/mol. The van der Waals surface area contributed by atoms with Crippen LogP contribution >= 0.6 is 11.8 Å². The fraction of sp³-hybridized carbons (Fsp3) is 0.241. The van der Waals surface area contributed by atoms with Gasteiger partial charge in [0.15, 0.2) is 0 Å². The number of nitriles is 1. The van der Waals surface area contributed by atoms with E-state index in [1.807, 2.05) is 18.2 Å². The molecule has 1 saturated heterocycles. The molecule has 40 heavy (non-hydrogen) atoms. The highest BCUT2D eigenvalue weighted by Crippen LogP contribution is 2.33. The Labute approximate surface area is 234 Å². The third kappa shape index (κ3) is 5.15. The Bertz CT molecular complexity index is 1660. The van der Waals surface area contributed by atoms with Gasteiger partial charge in [0.2, 0.25) is 0 Å². The molecule has 0 spiro atoms. The van der Waals surface area contributed by atoms with Crippen molar-refractivity contribution in [1.29, 1.82) is 5.26 Å². The number of benzene rings is 1. The summed E-state index contributed by atoms with van der Waals surface area (Å²) in [6.07, 6.45) is 9.79. The van der Waals surface area contributed by atoms with Crippen molar-refractivity contribution in [2.45, 2.75) is 18.0 Å². The van der Waals surface area contributed by atoms with Gasteiger partial charge in [-0.25, -0.2) is 14.2 Å². The average Bonchev–Trinajstić information content (AvgIpc) is 3.66. The standard InChI is InChI=1S/C29H26F2N8S/c1-40-25-5-2-20(3-6-25)17-36-8-10-37(11-9-36)27-7-4-21(14-33-27)26-12-22(24-16-35-39(19-24)29(30)31)18-38-28(26)23(13-32)15-34-38/h2-7,12,14-16,18-19,29H,8-11,17H2,1H3. The maximum absolute atomic E-state index is 13.1.